The summed E-state index contributed by atoms with van der Waals surface area (Å²) in [7, 11) is 0. The van der Waals surface area contributed by atoms with E-state index in [1.54, 1.807) is 6.20 Å². The topological polar surface area (TPSA) is 58.7 Å². The fraction of sp³-hybridized carbons (Fsp3) is 0.474. The first-order valence-electron chi connectivity index (χ1n) is 8.51. The van der Waals surface area contributed by atoms with Gasteiger partial charge in [0.2, 0.25) is 0 Å². The fourth-order valence-corrected chi connectivity index (χ4v) is 3.55. The minimum Gasteiger partial charge on any atom is -0.371 e. The number of rotatable bonds is 5. The second kappa shape index (κ2) is 7.16. The number of amides is 1. The van der Waals surface area contributed by atoms with Crippen LogP contribution in [-0.2, 0) is 0 Å². The van der Waals surface area contributed by atoms with Crippen molar-refractivity contribution in [3.8, 4) is 0 Å². The molecule has 1 aromatic carbocycles. The number of carbonyl (C=O) groups is 1. The van der Waals surface area contributed by atoms with E-state index in [4.69, 9.17) is 5.73 Å². The molecule has 3 rings (SSSR count). The molecule has 0 spiro atoms. The smallest absolute Gasteiger partial charge is 0.250 e. The van der Waals surface area contributed by atoms with Gasteiger partial charge in [0.1, 0.15) is 6.67 Å². The van der Waals surface area contributed by atoms with Gasteiger partial charge in [-0.05, 0) is 56.2 Å². The molecule has 24 heavy (non-hydrogen) atoms. The Balaban J connectivity index is 1.67. The number of nitrogens with two attached hydrogens (primary N) is 1. The van der Waals surface area contributed by atoms with Crippen LogP contribution in [0.25, 0.3) is 0 Å². The number of hydrogen-bond donors (Lipinski definition) is 1. The first-order valence-corrected chi connectivity index (χ1v) is 8.51. The molecular formula is C19H24FN3O. The Labute approximate surface area is 142 Å². The predicted octanol–water partition coefficient (Wildman–Crippen LogP) is 3.40. The lowest BCUT2D eigenvalue weighted by Crippen LogP contribution is -2.24. The van der Waals surface area contributed by atoms with Gasteiger partial charge in [0, 0.05) is 30.7 Å². The summed E-state index contributed by atoms with van der Waals surface area (Å²) in [6.45, 7) is 3.40. The van der Waals surface area contributed by atoms with Crippen LogP contribution in [0.15, 0.2) is 35.0 Å². The summed E-state index contributed by atoms with van der Waals surface area (Å²) in [6, 6.07) is 5.87. The third-order valence-electron chi connectivity index (χ3n) is 4.90. The van der Waals surface area contributed by atoms with Gasteiger partial charge in [-0.25, -0.2) is 4.39 Å². The van der Waals surface area contributed by atoms with Crippen LogP contribution in [0.4, 0.5) is 10.1 Å². The Hall–Kier alpha value is -2.17. The Morgan fingerprint density at radius 3 is 2.92 bits per heavy atom. The lowest BCUT2D eigenvalue weighted by molar-refractivity contribution is 0.100. The van der Waals surface area contributed by atoms with Crippen molar-refractivity contribution in [3.05, 3.63) is 41.1 Å². The maximum Gasteiger partial charge on any atom is 0.250 e. The summed E-state index contributed by atoms with van der Waals surface area (Å²) >= 11 is 0. The molecule has 0 bridgehead atoms. The average molecular weight is 329 g/mol. The molecule has 1 saturated heterocycles. The van der Waals surface area contributed by atoms with Gasteiger partial charge in [-0.1, -0.05) is 11.6 Å². The number of nitrogens with zero attached hydrogens (tertiary/aromatic N) is 2. The number of benzene rings is 1. The minimum absolute atomic E-state index is 0.377. The fourth-order valence-electron chi connectivity index (χ4n) is 3.55. The number of halogens is 1. The highest BCUT2D eigenvalue weighted by Gasteiger charge is 2.26. The molecule has 4 nitrogen and oxygen atoms in total. The second-order valence-corrected chi connectivity index (χ2v) is 6.81. The van der Waals surface area contributed by atoms with Gasteiger partial charge >= 0.3 is 0 Å². The van der Waals surface area contributed by atoms with Crippen LogP contribution in [0, 0.1) is 12.8 Å². The van der Waals surface area contributed by atoms with Crippen molar-refractivity contribution in [3.63, 3.8) is 0 Å². The summed E-state index contributed by atoms with van der Waals surface area (Å²) in [4.78, 5) is 18.4. The van der Waals surface area contributed by atoms with Crippen molar-refractivity contribution in [1.82, 2.24) is 0 Å². The van der Waals surface area contributed by atoms with Crippen LogP contribution in [-0.4, -0.2) is 31.4 Å². The molecule has 5 heteroatoms. The predicted molar refractivity (Wildman–Crippen MR) is 95.4 cm³/mol. The van der Waals surface area contributed by atoms with E-state index >= 15 is 0 Å². The quantitative estimate of drug-likeness (QED) is 0.900. The normalized spacial score (nSPS) is 20.8. The molecule has 2 heterocycles. The van der Waals surface area contributed by atoms with Crippen LogP contribution >= 0.6 is 0 Å². The molecule has 2 aliphatic rings. The summed E-state index contributed by atoms with van der Waals surface area (Å²) in [5, 5.41) is 0. The van der Waals surface area contributed by atoms with E-state index in [0.29, 0.717) is 11.5 Å². The molecule has 1 aromatic rings. The number of anilines is 1. The summed E-state index contributed by atoms with van der Waals surface area (Å²) in [5.74, 6) is 0.142. The highest BCUT2D eigenvalue weighted by atomic mass is 19.1. The summed E-state index contributed by atoms with van der Waals surface area (Å²) < 4.78 is 12.6. The third kappa shape index (κ3) is 3.66. The van der Waals surface area contributed by atoms with Gasteiger partial charge in [-0.3, -0.25) is 9.79 Å². The highest BCUT2D eigenvalue weighted by molar-refractivity contribution is 5.99. The standard InChI is InChI=1S/C19H24FN3O/c1-13-2-5-18(17(8-13)19(21)24)23-7-6-14(12-23)9-16-4-3-15(10-20)11-22-16/h2,5,8,11,14H,3-4,6-7,9-10,12H2,1H3,(H2,21,24). The Morgan fingerprint density at radius 2 is 2.25 bits per heavy atom. The van der Waals surface area contributed by atoms with E-state index in [9.17, 15) is 9.18 Å². The number of aliphatic imine (C=N–C) groups is 1. The summed E-state index contributed by atoms with van der Waals surface area (Å²) in [6.07, 6.45) is 5.37. The van der Waals surface area contributed by atoms with Crippen molar-refractivity contribution in [1.29, 1.82) is 0 Å². The minimum atomic E-state index is -0.392. The van der Waals surface area contributed by atoms with E-state index in [0.717, 1.165) is 61.3 Å². The monoisotopic (exact) mass is 329 g/mol. The van der Waals surface area contributed by atoms with Gasteiger partial charge in [0.25, 0.3) is 5.91 Å². The molecule has 1 atom stereocenters. The van der Waals surface area contributed by atoms with E-state index in [-0.39, 0.29) is 5.91 Å². The first kappa shape index (κ1) is 16.7. The molecule has 128 valence electrons. The molecule has 0 aromatic heterocycles. The van der Waals surface area contributed by atoms with E-state index in [1.807, 2.05) is 25.1 Å². The maximum atomic E-state index is 12.6. The molecule has 1 fully saturated rings. The molecule has 0 aliphatic carbocycles. The Bertz CT molecular complexity index is 696. The lowest BCUT2D eigenvalue weighted by Gasteiger charge is -2.22. The molecule has 0 radical (unpaired) electrons. The molecule has 1 amide bonds. The van der Waals surface area contributed by atoms with E-state index in [2.05, 4.69) is 9.89 Å². The average Bonchev–Trinajstić information content (AvgIpc) is 3.03. The number of alkyl halides is 1. The largest absolute Gasteiger partial charge is 0.371 e. The third-order valence-corrected chi connectivity index (χ3v) is 4.90. The zero-order chi connectivity index (χ0) is 17.1. The molecule has 1 unspecified atom stereocenters. The Morgan fingerprint density at radius 1 is 1.42 bits per heavy atom. The van der Waals surface area contributed by atoms with Crippen molar-refractivity contribution in [2.45, 2.75) is 32.6 Å². The van der Waals surface area contributed by atoms with Crippen molar-refractivity contribution in [2.24, 2.45) is 16.6 Å². The van der Waals surface area contributed by atoms with Gasteiger partial charge in [-0.15, -0.1) is 0 Å². The van der Waals surface area contributed by atoms with Gasteiger partial charge in [-0.2, -0.15) is 0 Å². The number of carbonyl (C=O) groups excluding carboxylic acids is 1. The van der Waals surface area contributed by atoms with Crippen molar-refractivity contribution >= 4 is 17.3 Å². The second-order valence-electron chi connectivity index (χ2n) is 6.81. The number of aryl methyl sites for hydroxylation is 1. The van der Waals surface area contributed by atoms with Gasteiger partial charge in [0.15, 0.2) is 0 Å². The van der Waals surface area contributed by atoms with Crippen molar-refractivity contribution in [2.75, 3.05) is 24.7 Å². The van der Waals surface area contributed by atoms with Crippen LogP contribution in [0.5, 0.6) is 0 Å². The van der Waals surface area contributed by atoms with Gasteiger partial charge in [0.05, 0.1) is 5.56 Å². The van der Waals surface area contributed by atoms with Crippen LogP contribution in [0.1, 0.15) is 41.6 Å². The number of hydrogen-bond acceptors (Lipinski definition) is 3. The molecule has 2 aliphatic heterocycles. The van der Waals surface area contributed by atoms with Crippen LogP contribution in [0.2, 0.25) is 0 Å². The summed E-state index contributed by atoms with van der Waals surface area (Å²) in [5.41, 5.74) is 10.1. The van der Waals surface area contributed by atoms with Crippen LogP contribution in [0.3, 0.4) is 0 Å². The van der Waals surface area contributed by atoms with E-state index in [1.165, 1.54) is 0 Å². The van der Waals surface area contributed by atoms with Gasteiger partial charge < -0.3 is 10.6 Å². The molecular weight excluding hydrogens is 305 g/mol. The van der Waals surface area contributed by atoms with Crippen molar-refractivity contribution < 1.29 is 9.18 Å². The lowest BCUT2D eigenvalue weighted by atomic mass is 9.96. The zero-order valence-electron chi connectivity index (χ0n) is 14.1. The highest BCUT2D eigenvalue weighted by Crippen LogP contribution is 2.30. The molecule has 2 N–H and O–H groups in total. The zero-order valence-corrected chi connectivity index (χ0v) is 14.1. The number of primary amides is 1. The first-order chi connectivity index (χ1) is 11.6. The Kier molecular flexibility index (Phi) is 4.97. The maximum absolute atomic E-state index is 12.6. The van der Waals surface area contributed by atoms with Crippen LogP contribution < -0.4 is 10.6 Å². The van der Waals surface area contributed by atoms with E-state index < -0.39 is 6.67 Å². The SMILES string of the molecule is Cc1ccc(N2CCC(CC3=NC=C(CF)CC3)C2)c(C(N)=O)c1. The number of allylic oxidation sites excluding steroid dienone is 1. The molecule has 0 saturated carbocycles.